The van der Waals surface area contributed by atoms with Crippen LogP contribution in [0.1, 0.15) is 11.4 Å². The van der Waals surface area contributed by atoms with Crippen LogP contribution in [-0.4, -0.2) is 11.1 Å². The lowest BCUT2D eigenvalue weighted by atomic mass is 10.3. The number of aryl methyl sites for hydroxylation is 2. The van der Waals surface area contributed by atoms with Gasteiger partial charge in [0.2, 0.25) is 0 Å². The second kappa shape index (κ2) is 3.83. The molecule has 0 radical (unpaired) electrons. The van der Waals surface area contributed by atoms with Gasteiger partial charge in [-0.1, -0.05) is 12.2 Å². The summed E-state index contributed by atoms with van der Waals surface area (Å²) in [5.41, 5.74) is 7.86. The Labute approximate surface area is 78.0 Å². The zero-order valence-corrected chi connectivity index (χ0v) is 8.32. The Bertz CT molecular complexity index is 302. The Morgan fingerprint density at radius 1 is 1.33 bits per heavy atom. The van der Waals surface area contributed by atoms with Gasteiger partial charge in [-0.15, -0.1) is 0 Å². The quantitative estimate of drug-likeness (QED) is 0.707. The molecule has 0 bridgehead atoms. The first-order chi connectivity index (χ1) is 5.65. The summed E-state index contributed by atoms with van der Waals surface area (Å²) >= 11 is 5.09. The van der Waals surface area contributed by atoms with Crippen LogP contribution in [-0.2, 0) is 6.54 Å². The first-order valence-corrected chi connectivity index (χ1v) is 4.44. The third-order valence-corrected chi connectivity index (χ3v) is 2.14. The van der Waals surface area contributed by atoms with Crippen LogP contribution in [0, 0.1) is 18.4 Å². The summed E-state index contributed by atoms with van der Waals surface area (Å²) in [5.74, 6) is 0. The molecule has 0 saturated carbocycles. The lowest BCUT2D eigenvalue weighted by Crippen LogP contribution is -2.14. The lowest BCUT2D eigenvalue weighted by Gasteiger charge is -2.12. The molecule has 0 aliphatic rings. The maximum Gasteiger partial charge on any atom is 0.0411 e. The number of aromatic nitrogens is 1. The van der Waals surface area contributed by atoms with Crippen molar-refractivity contribution in [3.63, 3.8) is 0 Å². The van der Waals surface area contributed by atoms with Crippen molar-refractivity contribution in [3.05, 3.63) is 28.0 Å². The molecule has 0 fully saturated rings. The number of nitrogens with zero attached hydrogens (tertiary/aromatic N) is 1. The van der Waals surface area contributed by atoms with Crippen molar-refractivity contribution >= 4 is 12.2 Å². The van der Waals surface area contributed by atoms with Crippen LogP contribution < -0.4 is 5.73 Å². The molecule has 12 heavy (non-hydrogen) atoms. The summed E-state index contributed by atoms with van der Waals surface area (Å²) in [6.07, 6.45) is 0. The largest absolute Gasteiger partial charge is 0.348 e. The van der Waals surface area contributed by atoms with Crippen LogP contribution >= 0.6 is 12.2 Å². The molecule has 2 nitrogen and oxygen atoms in total. The average Bonchev–Trinajstić information content (AvgIpc) is 1.96. The lowest BCUT2D eigenvalue weighted by molar-refractivity contribution is 0.661. The van der Waals surface area contributed by atoms with E-state index in [-0.39, 0.29) is 0 Å². The number of hydrogen-bond acceptors (Lipinski definition) is 2. The fourth-order valence-electron chi connectivity index (χ4n) is 1.37. The molecule has 0 spiro atoms. The fourth-order valence-corrected chi connectivity index (χ4v) is 1.71. The molecule has 0 aromatic carbocycles. The fraction of sp³-hybridized carbons (Fsp3) is 0.444. The molecule has 3 heteroatoms. The van der Waals surface area contributed by atoms with Crippen molar-refractivity contribution in [3.8, 4) is 0 Å². The van der Waals surface area contributed by atoms with E-state index in [1.807, 2.05) is 12.1 Å². The van der Waals surface area contributed by atoms with Crippen LogP contribution in [0.4, 0.5) is 0 Å². The second-order valence-electron chi connectivity index (χ2n) is 2.91. The zero-order valence-electron chi connectivity index (χ0n) is 7.50. The van der Waals surface area contributed by atoms with Crippen LogP contribution in [0.5, 0.6) is 0 Å². The summed E-state index contributed by atoms with van der Waals surface area (Å²) in [6.45, 7) is 5.65. The van der Waals surface area contributed by atoms with Gasteiger partial charge >= 0.3 is 0 Å². The van der Waals surface area contributed by atoms with E-state index in [4.69, 9.17) is 18.0 Å². The third-order valence-electron chi connectivity index (χ3n) is 1.91. The molecule has 0 atom stereocenters. The van der Waals surface area contributed by atoms with Crippen LogP contribution in [0.2, 0.25) is 0 Å². The highest BCUT2D eigenvalue weighted by Gasteiger charge is 1.97. The molecule has 0 aliphatic carbocycles. The average molecular weight is 182 g/mol. The molecule has 1 aromatic heterocycles. The van der Waals surface area contributed by atoms with Crippen molar-refractivity contribution in [2.75, 3.05) is 6.54 Å². The molecule has 1 heterocycles. The Kier molecular flexibility index (Phi) is 3.00. The SMILES string of the molecule is Cc1cc(=S)cc(C)n1CCN. The Balaban J connectivity index is 3.18. The van der Waals surface area contributed by atoms with E-state index in [1.165, 1.54) is 11.4 Å². The number of pyridine rings is 1. The maximum absolute atomic E-state index is 5.49. The van der Waals surface area contributed by atoms with Crippen LogP contribution in [0.3, 0.4) is 0 Å². The van der Waals surface area contributed by atoms with E-state index in [9.17, 15) is 0 Å². The predicted molar refractivity (Wildman–Crippen MR) is 53.8 cm³/mol. The molecule has 0 amide bonds. The number of nitrogens with two attached hydrogens (primary N) is 1. The van der Waals surface area contributed by atoms with Gasteiger partial charge in [0.1, 0.15) is 0 Å². The minimum absolute atomic E-state index is 0.670. The summed E-state index contributed by atoms with van der Waals surface area (Å²) < 4.78 is 3.08. The summed E-state index contributed by atoms with van der Waals surface area (Å²) in [5, 5.41) is 0. The van der Waals surface area contributed by atoms with Crippen molar-refractivity contribution in [1.29, 1.82) is 0 Å². The topological polar surface area (TPSA) is 30.9 Å². The third kappa shape index (κ3) is 1.93. The van der Waals surface area contributed by atoms with Gasteiger partial charge in [-0.2, -0.15) is 0 Å². The van der Waals surface area contributed by atoms with Gasteiger partial charge in [-0.05, 0) is 26.0 Å². The van der Waals surface area contributed by atoms with Gasteiger partial charge < -0.3 is 10.3 Å². The normalized spacial score (nSPS) is 10.2. The maximum atomic E-state index is 5.49. The van der Waals surface area contributed by atoms with Gasteiger partial charge in [0.15, 0.2) is 0 Å². The van der Waals surface area contributed by atoms with Crippen molar-refractivity contribution < 1.29 is 0 Å². The minimum atomic E-state index is 0.670. The molecule has 1 rings (SSSR count). The van der Waals surface area contributed by atoms with Gasteiger partial charge in [0.25, 0.3) is 0 Å². The first-order valence-electron chi connectivity index (χ1n) is 4.03. The van der Waals surface area contributed by atoms with Crippen molar-refractivity contribution in [1.82, 2.24) is 4.57 Å². The highest BCUT2D eigenvalue weighted by Crippen LogP contribution is 2.05. The monoisotopic (exact) mass is 182 g/mol. The van der Waals surface area contributed by atoms with Crippen molar-refractivity contribution in [2.45, 2.75) is 20.4 Å². The number of hydrogen-bond donors (Lipinski definition) is 1. The Morgan fingerprint density at radius 3 is 2.25 bits per heavy atom. The minimum Gasteiger partial charge on any atom is -0.348 e. The summed E-state index contributed by atoms with van der Waals surface area (Å²) in [4.78, 5) is 0. The van der Waals surface area contributed by atoms with E-state index < -0.39 is 0 Å². The smallest absolute Gasteiger partial charge is 0.0411 e. The van der Waals surface area contributed by atoms with Gasteiger partial charge in [-0.25, -0.2) is 0 Å². The molecule has 1 aromatic rings. The standard InChI is InChI=1S/C9H14N2S/c1-7-5-9(12)6-8(2)11(7)4-3-10/h5-6H,3-4,10H2,1-2H3. The molecule has 2 N–H and O–H groups in total. The highest BCUT2D eigenvalue weighted by atomic mass is 32.1. The van der Waals surface area contributed by atoms with E-state index >= 15 is 0 Å². The Hall–Kier alpha value is -0.670. The molecule has 0 aliphatic heterocycles. The molecular formula is C9H14N2S. The molecule has 0 saturated heterocycles. The second-order valence-corrected chi connectivity index (χ2v) is 3.39. The molecule has 0 unspecified atom stereocenters. The van der Waals surface area contributed by atoms with Crippen LogP contribution in [0.15, 0.2) is 12.1 Å². The van der Waals surface area contributed by atoms with E-state index in [0.29, 0.717) is 6.54 Å². The summed E-state index contributed by atoms with van der Waals surface area (Å²) in [6, 6.07) is 4.00. The highest BCUT2D eigenvalue weighted by molar-refractivity contribution is 7.71. The van der Waals surface area contributed by atoms with E-state index in [0.717, 1.165) is 11.1 Å². The summed E-state index contributed by atoms with van der Waals surface area (Å²) in [7, 11) is 0. The molecular weight excluding hydrogens is 168 g/mol. The van der Waals surface area contributed by atoms with Crippen molar-refractivity contribution in [2.24, 2.45) is 5.73 Å². The zero-order chi connectivity index (χ0) is 9.14. The van der Waals surface area contributed by atoms with E-state index in [1.54, 1.807) is 0 Å². The Morgan fingerprint density at radius 2 is 1.83 bits per heavy atom. The predicted octanol–water partition coefficient (Wildman–Crippen LogP) is 1.79. The number of rotatable bonds is 2. The van der Waals surface area contributed by atoms with Gasteiger partial charge in [-0.3, -0.25) is 0 Å². The van der Waals surface area contributed by atoms with Gasteiger partial charge in [0, 0.05) is 29.0 Å². The first kappa shape index (κ1) is 9.42. The van der Waals surface area contributed by atoms with Gasteiger partial charge in [0.05, 0.1) is 0 Å². The van der Waals surface area contributed by atoms with Crippen LogP contribution in [0.25, 0.3) is 0 Å². The molecule has 66 valence electrons. The van der Waals surface area contributed by atoms with E-state index in [2.05, 4.69) is 18.4 Å².